The molecule has 1 saturated carbocycles. The number of aliphatic imine (C=N–C) groups is 1. The summed E-state index contributed by atoms with van der Waals surface area (Å²) in [6.45, 7) is 1.43. The SMILES string of the molecule is CC(=O)OC1CCC(N=Cc2ccc([N+](=O)[O-])cc2)CC1. The predicted molar refractivity (Wildman–Crippen MR) is 78.5 cm³/mol. The fraction of sp³-hybridized carbons (Fsp3) is 0.467. The van der Waals surface area contributed by atoms with E-state index in [4.69, 9.17) is 4.74 Å². The minimum Gasteiger partial charge on any atom is -0.463 e. The Kier molecular flexibility index (Phi) is 5.03. The van der Waals surface area contributed by atoms with E-state index in [0.717, 1.165) is 31.2 Å². The number of nitrogens with zero attached hydrogens (tertiary/aromatic N) is 2. The molecule has 2 rings (SSSR count). The van der Waals surface area contributed by atoms with E-state index in [1.54, 1.807) is 18.3 Å². The molecule has 6 heteroatoms. The van der Waals surface area contributed by atoms with Gasteiger partial charge in [-0.1, -0.05) is 0 Å². The lowest BCUT2D eigenvalue weighted by Gasteiger charge is -2.25. The van der Waals surface area contributed by atoms with Crippen molar-refractivity contribution in [2.75, 3.05) is 0 Å². The summed E-state index contributed by atoms with van der Waals surface area (Å²) in [7, 11) is 0. The molecule has 6 nitrogen and oxygen atoms in total. The number of benzene rings is 1. The molecule has 0 amide bonds. The highest BCUT2D eigenvalue weighted by molar-refractivity contribution is 5.80. The van der Waals surface area contributed by atoms with Crippen molar-refractivity contribution in [3.8, 4) is 0 Å². The van der Waals surface area contributed by atoms with Crippen LogP contribution in [0.3, 0.4) is 0 Å². The highest BCUT2D eigenvalue weighted by atomic mass is 16.6. The average Bonchev–Trinajstić information content (AvgIpc) is 2.46. The van der Waals surface area contributed by atoms with Gasteiger partial charge < -0.3 is 4.74 Å². The number of rotatable bonds is 4. The molecule has 1 fully saturated rings. The van der Waals surface area contributed by atoms with Gasteiger partial charge >= 0.3 is 5.97 Å². The number of nitro groups is 1. The topological polar surface area (TPSA) is 81.8 Å². The first-order valence-corrected chi connectivity index (χ1v) is 6.99. The van der Waals surface area contributed by atoms with Gasteiger partial charge in [0.15, 0.2) is 0 Å². The van der Waals surface area contributed by atoms with Crippen molar-refractivity contribution >= 4 is 17.9 Å². The summed E-state index contributed by atoms with van der Waals surface area (Å²) in [5, 5.41) is 10.6. The molecule has 0 radical (unpaired) electrons. The van der Waals surface area contributed by atoms with Crippen molar-refractivity contribution in [1.82, 2.24) is 0 Å². The molecule has 0 bridgehead atoms. The molecule has 0 saturated heterocycles. The van der Waals surface area contributed by atoms with E-state index < -0.39 is 4.92 Å². The first-order chi connectivity index (χ1) is 10.0. The summed E-state index contributed by atoms with van der Waals surface area (Å²) in [6.07, 6.45) is 5.22. The minimum atomic E-state index is -0.419. The van der Waals surface area contributed by atoms with Crippen LogP contribution < -0.4 is 0 Å². The Morgan fingerprint density at radius 3 is 2.43 bits per heavy atom. The van der Waals surface area contributed by atoms with Crippen LogP contribution in [0.2, 0.25) is 0 Å². The van der Waals surface area contributed by atoms with E-state index in [2.05, 4.69) is 4.99 Å². The average molecular weight is 290 g/mol. The number of non-ortho nitro benzene ring substituents is 1. The molecule has 0 heterocycles. The number of carbonyl (C=O) groups is 1. The van der Waals surface area contributed by atoms with E-state index in [1.165, 1.54) is 19.1 Å². The Morgan fingerprint density at radius 2 is 1.90 bits per heavy atom. The van der Waals surface area contributed by atoms with Gasteiger partial charge in [0.1, 0.15) is 6.10 Å². The zero-order valence-corrected chi connectivity index (χ0v) is 11.9. The predicted octanol–water partition coefficient (Wildman–Crippen LogP) is 2.89. The third-order valence-electron chi connectivity index (χ3n) is 3.51. The third kappa shape index (κ3) is 4.66. The second-order valence-electron chi connectivity index (χ2n) is 5.17. The van der Waals surface area contributed by atoms with Crippen molar-refractivity contribution in [2.45, 2.75) is 44.8 Å². The molecular weight excluding hydrogens is 272 g/mol. The highest BCUT2D eigenvalue weighted by Gasteiger charge is 2.22. The smallest absolute Gasteiger partial charge is 0.302 e. The number of carbonyl (C=O) groups excluding carboxylic acids is 1. The molecule has 0 atom stereocenters. The normalized spacial score (nSPS) is 22.1. The van der Waals surface area contributed by atoms with Crippen molar-refractivity contribution in [3.63, 3.8) is 0 Å². The Balaban J connectivity index is 1.85. The van der Waals surface area contributed by atoms with Gasteiger partial charge in [-0.25, -0.2) is 0 Å². The van der Waals surface area contributed by atoms with E-state index >= 15 is 0 Å². The lowest BCUT2D eigenvalue weighted by Crippen LogP contribution is -2.25. The van der Waals surface area contributed by atoms with Gasteiger partial charge in [0.05, 0.1) is 11.0 Å². The van der Waals surface area contributed by atoms with Crippen molar-refractivity contribution in [2.24, 2.45) is 4.99 Å². The van der Waals surface area contributed by atoms with Crippen LogP contribution in [0.4, 0.5) is 5.69 Å². The highest BCUT2D eigenvalue weighted by Crippen LogP contribution is 2.23. The summed E-state index contributed by atoms with van der Waals surface area (Å²) in [5.74, 6) is -0.229. The van der Waals surface area contributed by atoms with Gasteiger partial charge in [-0.3, -0.25) is 19.9 Å². The molecule has 1 aromatic carbocycles. The lowest BCUT2D eigenvalue weighted by atomic mass is 9.93. The maximum Gasteiger partial charge on any atom is 0.302 e. The van der Waals surface area contributed by atoms with Gasteiger partial charge in [-0.2, -0.15) is 0 Å². The minimum absolute atomic E-state index is 0.0216. The van der Waals surface area contributed by atoms with Crippen molar-refractivity contribution in [3.05, 3.63) is 39.9 Å². The first kappa shape index (κ1) is 15.2. The molecule has 0 N–H and O–H groups in total. The van der Waals surface area contributed by atoms with Gasteiger partial charge in [-0.15, -0.1) is 0 Å². The number of hydrogen-bond acceptors (Lipinski definition) is 5. The number of nitro benzene ring substituents is 1. The quantitative estimate of drug-likeness (QED) is 0.369. The maximum atomic E-state index is 10.9. The van der Waals surface area contributed by atoms with E-state index in [0.29, 0.717) is 0 Å². The molecule has 0 aliphatic heterocycles. The first-order valence-electron chi connectivity index (χ1n) is 6.99. The number of esters is 1. The summed E-state index contributed by atoms with van der Waals surface area (Å²) in [5.41, 5.74) is 0.928. The largest absolute Gasteiger partial charge is 0.463 e. The molecule has 112 valence electrons. The molecule has 0 spiro atoms. The van der Waals surface area contributed by atoms with Gasteiger partial charge in [-0.05, 0) is 43.4 Å². The van der Waals surface area contributed by atoms with Crippen molar-refractivity contribution < 1.29 is 14.5 Å². The molecular formula is C15H18N2O4. The zero-order chi connectivity index (χ0) is 15.2. The molecule has 21 heavy (non-hydrogen) atoms. The van der Waals surface area contributed by atoms with Gasteiger partial charge in [0.2, 0.25) is 0 Å². The zero-order valence-electron chi connectivity index (χ0n) is 11.9. The summed E-state index contributed by atoms with van der Waals surface area (Å²) in [6, 6.07) is 6.54. The van der Waals surface area contributed by atoms with Crippen LogP contribution in [-0.2, 0) is 9.53 Å². The maximum absolute atomic E-state index is 10.9. The van der Waals surface area contributed by atoms with Crippen LogP contribution in [-0.4, -0.2) is 29.3 Å². The summed E-state index contributed by atoms with van der Waals surface area (Å²) < 4.78 is 5.18. The summed E-state index contributed by atoms with van der Waals surface area (Å²) >= 11 is 0. The summed E-state index contributed by atoms with van der Waals surface area (Å²) in [4.78, 5) is 25.5. The van der Waals surface area contributed by atoms with E-state index in [-0.39, 0.29) is 23.8 Å². The van der Waals surface area contributed by atoms with Crippen LogP contribution >= 0.6 is 0 Å². The Morgan fingerprint density at radius 1 is 1.29 bits per heavy atom. The Hall–Kier alpha value is -2.24. The van der Waals surface area contributed by atoms with Crippen LogP contribution in [0.1, 0.15) is 38.2 Å². The molecule has 1 aliphatic rings. The van der Waals surface area contributed by atoms with Crippen LogP contribution in [0.15, 0.2) is 29.3 Å². The van der Waals surface area contributed by atoms with Crippen LogP contribution in [0.5, 0.6) is 0 Å². The molecule has 0 aromatic heterocycles. The molecule has 1 aliphatic carbocycles. The van der Waals surface area contributed by atoms with E-state index in [1.807, 2.05) is 0 Å². The molecule has 1 aromatic rings. The third-order valence-corrected chi connectivity index (χ3v) is 3.51. The fourth-order valence-electron chi connectivity index (χ4n) is 2.42. The molecule has 0 unspecified atom stereocenters. The standard InChI is InChI=1S/C15H18N2O4/c1-11(18)21-15-8-4-13(5-9-15)16-10-12-2-6-14(7-3-12)17(19)20/h2-3,6-7,10,13,15H,4-5,8-9H2,1H3. The van der Waals surface area contributed by atoms with Gasteiger partial charge in [0, 0.05) is 25.3 Å². The second kappa shape index (κ2) is 6.97. The van der Waals surface area contributed by atoms with Crippen LogP contribution in [0.25, 0.3) is 0 Å². The second-order valence-corrected chi connectivity index (χ2v) is 5.17. The van der Waals surface area contributed by atoms with Gasteiger partial charge in [0.25, 0.3) is 5.69 Å². The number of ether oxygens (including phenoxy) is 1. The Bertz CT molecular complexity index is 531. The van der Waals surface area contributed by atoms with E-state index in [9.17, 15) is 14.9 Å². The fourth-order valence-corrected chi connectivity index (χ4v) is 2.42. The van der Waals surface area contributed by atoms with Crippen molar-refractivity contribution in [1.29, 1.82) is 0 Å². The Labute approximate surface area is 123 Å². The number of hydrogen-bond donors (Lipinski definition) is 0. The van der Waals surface area contributed by atoms with Crippen LogP contribution in [0, 0.1) is 10.1 Å². The lowest BCUT2D eigenvalue weighted by molar-refractivity contribution is -0.384. The monoisotopic (exact) mass is 290 g/mol.